The first-order chi connectivity index (χ1) is 8.31. The highest BCUT2D eigenvalue weighted by Crippen LogP contribution is 2.26. The van der Waals surface area contributed by atoms with Crippen LogP contribution in [0, 0.1) is 0 Å². The van der Waals surface area contributed by atoms with Crippen molar-refractivity contribution in [2.75, 3.05) is 29.5 Å². The van der Waals surface area contributed by atoms with Gasteiger partial charge < -0.3 is 10.2 Å². The van der Waals surface area contributed by atoms with E-state index in [0.717, 1.165) is 19.6 Å². The average molecular weight is 271 g/mol. The highest BCUT2D eigenvalue weighted by atomic mass is 32.2. The van der Waals surface area contributed by atoms with Crippen LogP contribution in [0.3, 0.4) is 0 Å². The van der Waals surface area contributed by atoms with Gasteiger partial charge in [0.25, 0.3) is 0 Å². The molecule has 0 aromatic carbocycles. The van der Waals surface area contributed by atoms with Gasteiger partial charge in [-0.2, -0.15) is 11.8 Å². The zero-order valence-corrected chi connectivity index (χ0v) is 12.2. The van der Waals surface area contributed by atoms with Gasteiger partial charge in [-0.1, -0.05) is 6.92 Å². The number of hydrogen-bond donors (Lipinski definition) is 1. The molecule has 1 aromatic rings. The van der Waals surface area contributed by atoms with Gasteiger partial charge in [0.05, 0.1) is 5.69 Å². The highest BCUT2D eigenvalue weighted by Gasteiger charge is 2.21. The second-order valence-electron chi connectivity index (χ2n) is 4.42. The molecule has 1 saturated heterocycles. The number of hydrogen-bond acceptors (Lipinski definition) is 5. The van der Waals surface area contributed by atoms with Crippen LogP contribution in [0.4, 0.5) is 5.13 Å². The lowest BCUT2D eigenvalue weighted by molar-refractivity contribution is 0.661. The molecule has 1 unspecified atom stereocenters. The Morgan fingerprint density at radius 3 is 3.24 bits per heavy atom. The van der Waals surface area contributed by atoms with Gasteiger partial charge in [-0.15, -0.1) is 11.3 Å². The zero-order valence-electron chi connectivity index (χ0n) is 10.6. The van der Waals surface area contributed by atoms with Crippen LogP contribution in [0.1, 0.15) is 26.0 Å². The van der Waals surface area contributed by atoms with Crippen LogP contribution < -0.4 is 10.2 Å². The first kappa shape index (κ1) is 13.2. The Kier molecular flexibility index (Phi) is 5.13. The van der Waals surface area contributed by atoms with Gasteiger partial charge in [0.15, 0.2) is 5.13 Å². The van der Waals surface area contributed by atoms with Crippen molar-refractivity contribution < 1.29 is 0 Å². The molecule has 1 fully saturated rings. The molecule has 1 N–H and O–H groups in total. The molecular weight excluding hydrogens is 250 g/mol. The summed E-state index contributed by atoms with van der Waals surface area (Å²) in [6.45, 7) is 7.60. The topological polar surface area (TPSA) is 28.2 Å². The summed E-state index contributed by atoms with van der Waals surface area (Å²) in [4.78, 5) is 7.18. The van der Waals surface area contributed by atoms with Crippen LogP contribution in [-0.4, -0.2) is 35.6 Å². The third-order valence-electron chi connectivity index (χ3n) is 2.89. The number of thioether (sulfide) groups is 1. The second kappa shape index (κ2) is 6.61. The Balaban J connectivity index is 1.92. The second-order valence-corrected chi connectivity index (χ2v) is 6.40. The molecule has 2 heterocycles. The maximum atomic E-state index is 4.73. The summed E-state index contributed by atoms with van der Waals surface area (Å²) < 4.78 is 0. The van der Waals surface area contributed by atoms with Crippen LogP contribution in [0.5, 0.6) is 0 Å². The number of anilines is 1. The summed E-state index contributed by atoms with van der Waals surface area (Å²) in [6.07, 6.45) is 1.18. The fourth-order valence-corrected chi connectivity index (χ4v) is 3.88. The van der Waals surface area contributed by atoms with E-state index < -0.39 is 0 Å². The summed E-state index contributed by atoms with van der Waals surface area (Å²) in [6, 6.07) is 0.622. The van der Waals surface area contributed by atoms with Crippen molar-refractivity contribution in [1.82, 2.24) is 10.3 Å². The van der Waals surface area contributed by atoms with E-state index in [1.807, 2.05) is 11.8 Å². The Labute approximate surface area is 112 Å². The fourth-order valence-electron chi connectivity index (χ4n) is 1.91. The minimum atomic E-state index is 0.622. The van der Waals surface area contributed by atoms with E-state index in [2.05, 4.69) is 29.4 Å². The standard InChI is InChI=1S/C12H21N3S2/c1-3-4-13-7-11-9-17-12(14-11)15-5-6-16-8-10(15)2/h9-10,13H,3-8H2,1-2H3. The Morgan fingerprint density at radius 1 is 1.59 bits per heavy atom. The van der Waals surface area contributed by atoms with Gasteiger partial charge in [0, 0.05) is 36.0 Å². The van der Waals surface area contributed by atoms with Crippen LogP contribution in [0.15, 0.2) is 5.38 Å². The Bertz CT molecular complexity index is 340. The van der Waals surface area contributed by atoms with Crippen molar-refractivity contribution in [3.8, 4) is 0 Å². The maximum absolute atomic E-state index is 4.73. The molecule has 1 atom stereocenters. The van der Waals surface area contributed by atoms with E-state index in [4.69, 9.17) is 4.98 Å². The Hall–Kier alpha value is -0.260. The molecule has 0 bridgehead atoms. The lowest BCUT2D eigenvalue weighted by atomic mass is 10.3. The quantitative estimate of drug-likeness (QED) is 0.833. The van der Waals surface area contributed by atoms with Crippen molar-refractivity contribution in [2.45, 2.75) is 32.9 Å². The third kappa shape index (κ3) is 3.60. The van der Waals surface area contributed by atoms with Crippen molar-refractivity contribution in [1.29, 1.82) is 0 Å². The number of nitrogens with one attached hydrogen (secondary N) is 1. The number of thiazole rings is 1. The molecule has 96 valence electrons. The van der Waals surface area contributed by atoms with E-state index in [9.17, 15) is 0 Å². The summed E-state index contributed by atoms with van der Waals surface area (Å²) >= 11 is 3.83. The molecule has 17 heavy (non-hydrogen) atoms. The van der Waals surface area contributed by atoms with E-state index in [1.165, 1.54) is 28.8 Å². The fraction of sp³-hybridized carbons (Fsp3) is 0.750. The average Bonchev–Trinajstić information content (AvgIpc) is 2.79. The molecule has 0 saturated carbocycles. The molecule has 5 heteroatoms. The minimum Gasteiger partial charge on any atom is -0.344 e. The van der Waals surface area contributed by atoms with Crippen molar-refractivity contribution in [3.05, 3.63) is 11.1 Å². The lowest BCUT2D eigenvalue weighted by Crippen LogP contribution is -2.40. The molecule has 0 radical (unpaired) electrons. The molecular formula is C12H21N3S2. The van der Waals surface area contributed by atoms with Gasteiger partial charge in [-0.25, -0.2) is 4.98 Å². The van der Waals surface area contributed by atoms with E-state index in [1.54, 1.807) is 11.3 Å². The maximum Gasteiger partial charge on any atom is 0.185 e. The number of aromatic nitrogens is 1. The molecule has 0 aliphatic carbocycles. The number of rotatable bonds is 5. The first-order valence-electron chi connectivity index (χ1n) is 6.30. The van der Waals surface area contributed by atoms with E-state index >= 15 is 0 Å². The smallest absolute Gasteiger partial charge is 0.185 e. The normalized spacial score (nSPS) is 20.8. The van der Waals surface area contributed by atoms with Gasteiger partial charge in [-0.05, 0) is 19.9 Å². The van der Waals surface area contributed by atoms with E-state index in [0.29, 0.717) is 6.04 Å². The number of nitrogens with zero attached hydrogens (tertiary/aromatic N) is 2. The zero-order chi connectivity index (χ0) is 12.1. The SMILES string of the molecule is CCCNCc1csc(N2CCSCC2C)n1. The largest absolute Gasteiger partial charge is 0.344 e. The summed E-state index contributed by atoms with van der Waals surface area (Å²) in [7, 11) is 0. The summed E-state index contributed by atoms with van der Waals surface area (Å²) in [5.74, 6) is 2.45. The summed E-state index contributed by atoms with van der Waals surface area (Å²) in [5.41, 5.74) is 1.18. The van der Waals surface area contributed by atoms with Gasteiger partial charge in [0.2, 0.25) is 0 Å². The van der Waals surface area contributed by atoms with Crippen molar-refractivity contribution in [2.24, 2.45) is 0 Å². The first-order valence-corrected chi connectivity index (χ1v) is 8.34. The third-order valence-corrected chi connectivity index (χ3v) is 5.00. The van der Waals surface area contributed by atoms with Crippen LogP contribution in [0.2, 0.25) is 0 Å². The predicted octanol–water partition coefficient (Wildman–Crippen LogP) is 2.58. The molecule has 1 aliphatic heterocycles. The molecule has 1 aromatic heterocycles. The minimum absolute atomic E-state index is 0.622. The van der Waals surface area contributed by atoms with Crippen LogP contribution in [-0.2, 0) is 6.54 Å². The van der Waals surface area contributed by atoms with Crippen LogP contribution >= 0.6 is 23.1 Å². The van der Waals surface area contributed by atoms with Gasteiger partial charge in [-0.3, -0.25) is 0 Å². The highest BCUT2D eigenvalue weighted by molar-refractivity contribution is 7.99. The van der Waals surface area contributed by atoms with Crippen LogP contribution in [0.25, 0.3) is 0 Å². The van der Waals surface area contributed by atoms with Crippen molar-refractivity contribution >= 4 is 28.2 Å². The molecule has 1 aliphatic rings. The van der Waals surface area contributed by atoms with Gasteiger partial charge in [0.1, 0.15) is 0 Å². The predicted molar refractivity (Wildman–Crippen MR) is 78.2 cm³/mol. The monoisotopic (exact) mass is 271 g/mol. The Morgan fingerprint density at radius 2 is 2.47 bits per heavy atom. The molecule has 3 nitrogen and oxygen atoms in total. The van der Waals surface area contributed by atoms with Crippen molar-refractivity contribution in [3.63, 3.8) is 0 Å². The summed E-state index contributed by atoms with van der Waals surface area (Å²) in [5, 5.41) is 6.79. The van der Waals surface area contributed by atoms with E-state index in [-0.39, 0.29) is 0 Å². The molecule has 0 spiro atoms. The van der Waals surface area contributed by atoms with Gasteiger partial charge >= 0.3 is 0 Å². The lowest BCUT2D eigenvalue weighted by Gasteiger charge is -2.32. The molecule has 0 amide bonds. The molecule has 2 rings (SSSR count).